The number of rotatable bonds is 9. The third kappa shape index (κ3) is 4.66. The number of carbonyl (C=O) groups excluding carboxylic acids is 1. The molecule has 0 spiro atoms. The molecular weight excluding hydrogens is 580 g/mol. The summed E-state index contributed by atoms with van der Waals surface area (Å²) in [5, 5.41) is 0. The van der Waals surface area contributed by atoms with Gasteiger partial charge in [0.05, 0.1) is 5.92 Å². The minimum Gasteiger partial charge on any atom is -0.439 e. The van der Waals surface area contributed by atoms with Crippen LogP contribution in [-0.4, -0.2) is 55.3 Å². The predicted molar refractivity (Wildman–Crippen MR) is 112 cm³/mol. The molecule has 4 aliphatic rings. The molecule has 3 unspecified atom stereocenters. The standard InChI is InChI=1S/C24H30F12O4/c1-4-13(3)16(37)40-20(23(31,32)33,24(34,35)36)18-9-14-6-15(10-18)8-17(7-14,11-18)19(21(25,26)27,22(28,29)30)39-12-38-5-2/h13-15H,4-12H2,1-3H3. The van der Waals surface area contributed by atoms with Crippen molar-refractivity contribution < 1.29 is 71.7 Å². The largest absolute Gasteiger partial charge is 0.439 e. The second-order valence-electron chi connectivity index (χ2n) is 11.4. The summed E-state index contributed by atoms with van der Waals surface area (Å²) in [5.41, 5.74) is -17.1. The van der Waals surface area contributed by atoms with Crippen LogP contribution < -0.4 is 0 Å². The van der Waals surface area contributed by atoms with E-state index in [4.69, 9.17) is 0 Å². The van der Waals surface area contributed by atoms with Crippen molar-refractivity contribution in [3.05, 3.63) is 0 Å². The molecule has 4 rings (SSSR count). The molecule has 3 atom stereocenters. The maximum Gasteiger partial charge on any atom is 0.438 e. The summed E-state index contributed by atoms with van der Waals surface area (Å²) < 4.78 is 190. The number of carbonyl (C=O) groups is 1. The van der Waals surface area contributed by atoms with Crippen molar-refractivity contribution in [2.24, 2.45) is 28.6 Å². The van der Waals surface area contributed by atoms with E-state index in [9.17, 15) is 57.5 Å². The molecular formula is C24H30F12O4. The Morgan fingerprint density at radius 2 is 1.15 bits per heavy atom. The van der Waals surface area contributed by atoms with Gasteiger partial charge in [-0.1, -0.05) is 13.8 Å². The van der Waals surface area contributed by atoms with Gasteiger partial charge in [0.1, 0.15) is 6.79 Å². The van der Waals surface area contributed by atoms with Gasteiger partial charge in [0.15, 0.2) is 0 Å². The molecule has 4 nitrogen and oxygen atoms in total. The highest BCUT2D eigenvalue weighted by Gasteiger charge is 2.90. The summed E-state index contributed by atoms with van der Waals surface area (Å²) >= 11 is 0. The Kier molecular flexibility index (Phi) is 8.33. The van der Waals surface area contributed by atoms with E-state index in [2.05, 4.69) is 14.2 Å². The predicted octanol–water partition coefficient (Wildman–Crippen LogP) is 7.90. The van der Waals surface area contributed by atoms with Crippen LogP contribution >= 0.6 is 0 Å². The number of esters is 1. The quantitative estimate of drug-likeness (QED) is 0.115. The monoisotopic (exact) mass is 610 g/mol. The van der Waals surface area contributed by atoms with E-state index in [1.165, 1.54) is 13.8 Å². The minimum atomic E-state index is -6.42. The third-order valence-electron chi connectivity index (χ3n) is 8.98. The summed E-state index contributed by atoms with van der Waals surface area (Å²) in [4.78, 5) is 12.5. The average Bonchev–Trinajstić information content (AvgIpc) is 2.74. The first kappa shape index (κ1) is 33.1. The van der Waals surface area contributed by atoms with Gasteiger partial charge in [-0.2, -0.15) is 52.7 Å². The molecule has 0 aromatic heterocycles. The van der Waals surface area contributed by atoms with E-state index in [0.29, 0.717) is 0 Å². The van der Waals surface area contributed by atoms with E-state index < -0.39 is 109 Å². The molecule has 0 aliphatic heterocycles. The molecule has 234 valence electrons. The smallest absolute Gasteiger partial charge is 0.438 e. The molecule has 0 amide bonds. The Morgan fingerprint density at radius 3 is 1.50 bits per heavy atom. The van der Waals surface area contributed by atoms with Crippen molar-refractivity contribution in [2.75, 3.05) is 13.4 Å². The highest BCUT2D eigenvalue weighted by atomic mass is 19.4. The summed E-state index contributed by atoms with van der Waals surface area (Å²) in [6.45, 7) is 1.57. The molecule has 4 fully saturated rings. The Morgan fingerprint density at radius 1 is 0.750 bits per heavy atom. The first-order valence-electron chi connectivity index (χ1n) is 12.7. The fourth-order valence-corrected chi connectivity index (χ4v) is 7.78. The number of hydrogen-bond acceptors (Lipinski definition) is 4. The number of halogens is 12. The molecule has 0 heterocycles. The molecule has 40 heavy (non-hydrogen) atoms. The Bertz CT molecular complexity index is 894. The van der Waals surface area contributed by atoms with Crippen molar-refractivity contribution in [1.29, 1.82) is 0 Å². The van der Waals surface area contributed by atoms with E-state index in [1.54, 1.807) is 0 Å². The Hall–Kier alpha value is -1.45. The van der Waals surface area contributed by atoms with Gasteiger partial charge in [-0.05, 0) is 63.7 Å². The zero-order valence-electron chi connectivity index (χ0n) is 21.8. The summed E-state index contributed by atoms with van der Waals surface area (Å²) in [6, 6.07) is 0. The number of ether oxygens (including phenoxy) is 3. The zero-order valence-corrected chi connectivity index (χ0v) is 21.8. The van der Waals surface area contributed by atoms with E-state index in [-0.39, 0.29) is 19.4 Å². The van der Waals surface area contributed by atoms with Crippen molar-refractivity contribution in [3.8, 4) is 0 Å². The van der Waals surface area contributed by atoms with Crippen molar-refractivity contribution in [2.45, 2.75) is 102 Å². The normalized spacial score (nSPS) is 30.5. The van der Waals surface area contributed by atoms with Crippen molar-refractivity contribution in [1.82, 2.24) is 0 Å². The van der Waals surface area contributed by atoms with E-state index in [1.807, 2.05) is 0 Å². The maximum absolute atomic E-state index is 14.8. The fraction of sp³-hybridized carbons (Fsp3) is 0.958. The van der Waals surface area contributed by atoms with Gasteiger partial charge in [0.2, 0.25) is 0 Å². The molecule has 0 aromatic carbocycles. The van der Waals surface area contributed by atoms with Crippen LogP contribution in [0.1, 0.15) is 65.7 Å². The van der Waals surface area contributed by atoms with Crippen LogP contribution in [0.3, 0.4) is 0 Å². The molecule has 4 aliphatic carbocycles. The third-order valence-corrected chi connectivity index (χ3v) is 8.98. The van der Waals surface area contributed by atoms with Crippen LogP contribution in [0, 0.1) is 28.6 Å². The van der Waals surface area contributed by atoms with Crippen molar-refractivity contribution in [3.63, 3.8) is 0 Å². The highest BCUT2D eigenvalue weighted by molar-refractivity contribution is 5.72. The van der Waals surface area contributed by atoms with E-state index in [0.717, 1.165) is 6.92 Å². The Labute approximate surface area is 222 Å². The molecule has 0 radical (unpaired) electrons. The van der Waals surface area contributed by atoms with Gasteiger partial charge in [0.25, 0.3) is 5.60 Å². The van der Waals surface area contributed by atoms with Crippen LogP contribution in [-0.2, 0) is 19.0 Å². The zero-order chi connectivity index (χ0) is 30.8. The maximum atomic E-state index is 14.8. The highest BCUT2D eigenvalue weighted by Crippen LogP contribution is 2.77. The molecule has 16 heteroatoms. The SMILES string of the molecule is CCOCOC(C(F)(F)F)(C(F)(F)F)C12CC3CC(C1)CC(C(OC(=O)C(C)CC)(C(F)(F)F)C(F)(F)F)(C3)C2. The lowest BCUT2D eigenvalue weighted by atomic mass is 9.37. The number of alkyl halides is 12. The molecule has 4 bridgehead atoms. The van der Waals surface area contributed by atoms with Gasteiger partial charge >= 0.3 is 36.3 Å². The second-order valence-corrected chi connectivity index (χ2v) is 11.4. The van der Waals surface area contributed by atoms with Gasteiger partial charge in [-0.25, -0.2) is 0 Å². The summed E-state index contributed by atoms with van der Waals surface area (Å²) in [5.74, 6) is -6.14. The second kappa shape index (κ2) is 10.1. The number of hydrogen-bond donors (Lipinski definition) is 0. The summed E-state index contributed by atoms with van der Waals surface area (Å²) in [7, 11) is 0. The lowest BCUT2D eigenvalue weighted by Crippen LogP contribution is -2.78. The average molecular weight is 610 g/mol. The van der Waals surface area contributed by atoms with Crippen LogP contribution in [0.15, 0.2) is 0 Å². The minimum absolute atomic E-state index is 0.175. The van der Waals surface area contributed by atoms with Gasteiger partial charge in [-0.3, -0.25) is 4.79 Å². The van der Waals surface area contributed by atoms with Crippen molar-refractivity contribution >= 4 is 5.97 Å². The van der Waals surface area contributed by atoms with Gasteiger partial charge < -0.3 is 14.2 Å². The lowest BCUT2D eigenvalue weighted by molar-refractivity contribution is -0.461. The first-order valence-corrected chi connectivity index (χ1v) is 12.7. The fourth-order valence-electron chi connectivity index (χ4n) is 7.78. The van der Waals surface area contributed by atoms with Crippen LogP contribution in [0.2, 0.25) is 0 Å². The molecule has 0 saturated heterocycles. The van der Waals surface area contributed by atoms with Gasteiger partial charge in [-0.15, -0.1) is 0 Å². The van der Waals surface area contributed by atoms with Gasteiger partial charge in [0, 0.05) is 17.4 Å². The van der Waals surface area contributed by atoms with Crippen LogP contribution in [0.4, 0.5) is 52.7 Å². The topological polar surface area (TPSA) is 44.8 Å². The van der Waals surface area contributed by atoms with E-state index >= 15 is 0 Å². The molecule has 0 N–H and O–H groups in total. The van der Waals surface area contributed by atoms with Crippen LogP contribution in [0.25, 0.3) is 0 Å². The Balaban J connectivity index is 2.35. The lowest BCUT2D eigenvalue weighted by Gasteiger charge is -2.69. The summed E-state index contributed by atoms with van der Waals surface area (Å²) in [6.07, 6.45) is -31.7. The first-order chi connectivity index (χ1) is 18.0. The molecule has 0 aromatic rings. The molecule has 4 saturated carbocycles. The van der Waals surface area contributed by atoms with Crippen LogP contribution in [0.5, 0.6) is 0 Å².